The Balaban J connectivity index is 1.72. The van der Waals surface area contributed by atoms with Gasteiger partial charge in [-0.05, 0) is 44.0 Å². The molecule has 0 radical (unpaired) electrons. The number of piperidine rings is 1. The molecule has 3 heterocycles. The minimum atomic E-state index is -3.31. The lowest BCUT2D eigenvalue weighted by Gasteiger charge is -2.32. The predicted octanol–water partition coefficient (Wildman–Crippen LogP) is 2.21. The maximum absolute atomic E-state index is 12.6. The third-order valence-corrected chi connectivity index (χ3v) is 5.67. The van der Waals surface area contributed by atoms with E-state index in [2.05, 4.69) is 9.97 Å². The maximum atomic E-state index is 12.6. The summed E-state index contributed by atoms with van der Waals surface area (Å²) < 4.78 is 23.9. The van der Waals surface area contributed by atoms with Crippen molar-refractivity contribution in [2.45, 2.75) is 30.6 Å². The summed E-state index contributed by atoms with van der Waals surface area (Å²) in [5, 5.41) is 0. The second kappa shape index (κ2) is 6.92. The fourth-order valence-electron chi connectivity index (χ4n) is 3.16. The zero-order valence-corrected chi connectivity index (χ0v) is 15.2. The van der Waals surface area contributed by atoms with E-state index >= 15 is 0 Å². The Morgan fingerprint density at radius 3 is 2.48 bits per heavy atom. The number of amides is 1. The van der Waals surface area contributed by atoms with Crippen LogP contribution in [-0.4, -0.2) is 48.5 Å². The molecule has 1 fully saturated rings. The van der Waals surface area contributed by atoms with Gasteiger partial charge in [0.25, 0.3) is 5.91 Å². The van der Waals surface area contributed by atoms with Crippen LogP contribution < -0.4 is 0 Å². The highest BCUT2D eigenvalue weighted by Gasteiger charge is 2.28. The number of likely N-dealkylation sites (tertiary alicyclic amines) is 1. The molecule has 2 aromatic rings. The van der Waals surface area contributed by atoms with Gasteiger partial charge in [-0.25, -0.2) is 8.42 Å². The van der Waals surface area contributed by atoms with Crippen LogP contribution in [0.1, 0.15) is 40.5 Å². The predicted molar refractivity (Wildman–Crippen MR) is 94.2 cm³/mol. The van der Waals surface area contributed by atoms with Gasteiger partial charge in [0.15, 0.2) is 9.84 Å². The quantitative estimate of drug-likeness (QED) is 0.839. The Hall–Kier alpha value is -2.28. The molecule has 3 rings (SSSR count). The number of carbonyl (C=O) groups is 1. The number of sulfone groups is 1. The molecule has 0 aromatic carbocycles. The van der Waals surface area contributed by atoms with Gasteiger partial charge in [-0.1, -0.05) is 0 Å². The minimum Gasteiger partial charge on any atom is -0.339 e. The number of carbonyl (C=O) groups excluding carboxylic acids is 1. The Morgan fingerprint density at radius 1 is 1.16 bits per heavy atom. The Morgan fingerprint density at radius 2 is 1.88 bits per heavy atom. The van der Waals surface area contributed by atoms with Crippen LogP contribution in [0.4, 0.5) is 0 Å². The average molecular weight is 359 g/mol. The number of hydrogen-bond donors (Lipinski definition) is 0. The summed E-state index contributed by atoms with van der Waals surface area (Å²) in [5.41, 5.74) is 2.08. The Bertz CT molecular complexity index is 871. The summed E-state index contributed by atoms with van der Waals surface area (Å²) in [6.07, 6.45) is 5.83. The van der Waals surface area contributed by atoms with Crippen molar-refractivity contribution in [3.8, 4) is 0 Å². The molecule has 1 amide bonds. The van der Waals surface area contributed by atoms with E-state index in [0.29, 0.717) is 42.1 Å². The van der Waals surface area contributed by atoms with Crippen LogP contribution in [0.15, 0.2) is 41.6 Å². The van der Waals surface area contributed by atoms with E-state index < -0.39 is 9.84 Å². The summed E-state index contributed by atoms with van der Waals surface area (Å²) in [6, 6.07) is 6.86. The lowest BCUT2D eigenvalue weighted by atomic mass is 9.92. The van der Waals surface area contributed by atoms with Gasteiger partial charge in [0.2, 0.25) is 0 Å². The molecular weight excluding hydrogens is 338 g/mol. The number of nitrogens with zero attached hydrogens (tertiary/aromatic N) is 3. The van der Waals surface area contributed by atoms with E-state index in [-0.39, 0.29) is 11.8 Å². The number of rotatable bonds is 3. The fourth-order valence-corrected chi connectivity index (χ4v) is 4.08. The van der Waals surface area contributed by atoms with Gasteiger partial charge < -0.3 is 4.90 Å². The van der Waals surface area contributed by atoms with Crippen LogP contribution in [0.3, 0.4) is 0 Å². The monoisotopic (exact) mass is 359 g/mol. The summed E-state index contributed by atoms with van der Waals surface area (Å²) in [7, 11) is -3.31. The van der Waals surface area contributed by atoms with Crippen LogP contribution >= 0.6 is 0 Å². The van der Waals surface area contributed by atoms with E-state index in [0.717, 1.165) is 5.69 Å². The molecule has 25 heavy (non-hydrogen) atoms. The van der Waals surface area contributed by atoms with Gasteiger partial charge in [0, 0.05) is 43.4 Å². The van der Waals surface area contributed by atoms with Gasteiger partial charge in [-0.3, -0.25) is 14.8 Å². The summed E-state index contributed by atoms with van der Waals surface area (Å²) >= 11 is 0. The average Bonchev–Trinajstić information content (AvgIpc) is 2.61. The van der Waals surface area contributed by atoms with Crippen molar-refractivity contribution < 1.29 is 13.2 Å². The minimum absolute atomic E-state index is 0.0321. The second-order valence-corrected chi connectivity index (χ2v) is 8.40. The Kier molecular flexibility index (Phi) is 4.85. The molecule has 0 N–H and O–H groups in total. The molecule has 1 saturated heterocycles. The van der Waals surface area contributed by atoms with E-state index in [1.54, 1.807) is 35.5 Å². The smallest absolute Gasteiger partial charge is 0.255 e. The fraction of sp³-hybridized carbons (Fsp3) is 0.389. The third-order valence-electron chi connectivity index (χ3n) is 4.53. The molecule has 0 spiro atoms. The van der Waals surface area contributed by atoms with Crippen molar-refractivity contribution in [1.82, 2.24) is 14.9 Å². The first-order valence-electron chi connectivity index (χ1n) is 8.23. The summed E-state index contributed by atoms with van der Waals surface area (Å²) in [6.45, 7) is 3.04. The molecule has 0 bridgehead atoms. The van der Waals surface area contributed by atoms with Gasteiger partial charge >= 0.3 is 0 Å². The largest absolute Gasteiger partial charge is 0.339 e. The van der Waals surface area contributed by atoms with Gasteiger partial charge in [0.1, 0.15) is 0 Å². The molecule has 2 aromatic heterocycles. The third kappa shape index (κ3) is 3.87. The SMILES string of the molecule is Cc1ccc(C(=O)N2CCC(c3ncccc3S(C)(=O)=O)CC2)cn1. The van der Waals surface area contributed by atoms with Crippen molar-refractivity contribution in [1.29, 1.82) is 0 Å². The van der Waals surface area contributed by atoms with Gasteiger partial charge in [-0.2, -0.15) is 0 Å². The van der Waals surface area contributed by atoms with E-state index in [1.807, 2.05) is 13.0 Å². The number of aryl methyl sites for hydroxylation is 1. The van der Waals surface area contributed by atoms with Crippen LogP contribution in [0.2, 0.25) is 0 Å². The van der Waals surface area contributed by atoms with Gasteiger partial charge in [0.05, 0.1) is 16.2 Å². The lowest BCUT2D eigenvalue weighted by Crippen LogP contribution is -2.38. The second-order valence-electron chi connectivity index (χ2n) is 6.41. The van der Waals surface area contributed by atoms with E-state index in [9.17, 15) is 13.2 Å². The van der Waals surface area contributed by atoms with Crippen molar-refractivity contribution in [3.05, 3.63) is 53.6 Å². The standard InChI is InChI=1S/C18H21N3O3S/c1-13-5-6-15(12-20-13)18(22)21-10-7-14(8-11-21)17-16(25(2,23)24)4-3-9-19-17/h3-6,9,12,14H,7-8,10-11H2,1-2H3. The van der Waals surface area contributed by atoms with Crippen LogP contribution in [0.25, 0.3) is 0 Å². The first-order valence-corrected chi connectivity index (χ1v) is 10.1. The van der Waals surface area contributed by atoms with Crippen molar-refractivity contribution in [2.24, 2.45) is 0 Å². The van der Waals surface area contributed by atoms with Crippen molar-refractivity contribution >= 4 is 15.7 Å². The molecule has 0 aliphatic carbocycles. The number of hydrogen-bond acceptors (Lipinski definition) is 5. The molecule has 1 aliphatic heterocycles. The van der Waals surface area contributed by atoms with Crippen molar-refractivity contribution in [3.63, 3.8) is 0 Å². The number of aromatic nitrogens is 2. The molecular formula is C18H21N3O3S. The van der Waals surface area contributed by atoms with Crippen LogP contribution in [0.5, 0.6) is 0 Å². The van der Waals surface area contributed by atoms with E-state index in [4.69, 9.17) is 0 Å². The first-order chi connectivity index (χ1) is 11.9. The molecule has 132 valence electrons. The summed E-state index contributed by atoms with van der Waals surface area (Å²) in [5.74, 6) is 0.0152. The van der Waals surface area contributed by atoms with Crippen molar-refractivity contribution in [2.75, 3.05) is 19.3 Å². The molecule has 6 nitrogen and oxygen atoms in total. The van der Waals surface area contributed by atoms with Crippen LogP contribution in [0, 0.1) is 6.92 Å². The highest BCUT2D eigenvalue weighted by molar-refractivity contribution is 7.90. The molecule has 0 saturated carbocycles. The molecule has 7 heteroatoms. The van der Waals surface area contributed by atoms with Crippen LogP contribution in [-0.2, 0) is 9.84 Å². The summed E-state index contributed by atoms with van der Waals surface area (Å²) in [4.78, 5) is 23.1. The molecule has 0 atom stereocenters. The topological polar surface area (TPSA) is 80.2 Å². The number of pyridine rings is 2. The van der Waals surface area contributed by atoms with Gasteiger partial charge in [-0.15, -0.1) is 0 Å². The normalized spacial score (nSPS) is 16.0. The first kappa shape index (κ1) is 17.5. The lowest BCUT2D eigenvalue weighted by molar-refractivity contribution is 0.0711. The van der Waals surface area contributed by atoms with E-state index in [1.165, 1.54) is 6.26 Å². The maximum Gasteiger partial charge on any atom is 0.255 e. The molecule has 1 aliphatic rings. The zero-order valence-electron chi connectivity index (χ0n) is 14.3. The Labute approximate surface area is 147 Å². The zero-order chi connectivity index (χ0) is 18.0. The molecule has 0 unspecified atom stereocenters. The highest BCUT2D eigenvalue weighted by Crippen LogP contribution is 2.31. The highest BCUT2D eigenvalue weighted by atomic mass is 32.2.